The zero-order valence-corrected chi connectivity index (χ0v) is 22.0. The highest BCUT2D eigenvalue weighted by Crippen LogP contribution is 2.50. The third kappa shape index (κ3) is 3.65. The Morgan fingerprint density at radius 3 is 1.79 bits per heavy atom. The molecule has 1 aromatic heterocycles. The summed E-state index contributed by atoms with van der Waals surface area (Å²) in [5.41, 5.74) is -1.25. The number of furan rings is 1. The quantitative estimate of drug-likeness (QED) is 0.195. The average molecular weight is 565 g/mol. The molecule has 0 aliphatic heterocycles. The normalized spacial score (nSPS) is 17.6. The standard InChI is InChI=1S/C42H26O/c1-2-13-28(14-3-1)31-24-25-38-41(36-20-10-11-21-37(36)43-38)42(31)40-34-18-8-6-16-32(34)39(33-17-7-9-19-35(33)40)30-23-22-27-12-4-5-15-29(27)26-30/h1-26H/i1D,2D,3D,4D,5D,10D,11D,12D,13D,14D,15D,20D,21D,22D,23D,24D,25D,26D. The molecule has 9 aromatic rings. The first kappa shape index (κ1) is 12.3. The summed E-state index contributed by atoms with van der Waals surface area (Å²) in [6.07, 6.45) is 0. The van der Waals surface area contributed by atoms with Crippen molar-refractivity contribution in [3.8, 4) is 33.4 Å². The van der Waals surface area contributed by atoms with Gasteiger partial charge in [-0.15, -0.1) is 0 Å². The number of fused-ring (bicyclic) bond motifs is 6. The molecule has 0 radical (unpaired) electrons. The molecule has 0 N–H and O–H groups in total. The maximum absolute atomic E-state index is 9.49. The van der Waals surface area contributed by atoms with Crippen LogP contribution >= 0.6 is 0 Å². The topological polar surface area (TPSA) is 13.1 Å². The van der Waals surface area contributed by atoms with Crippen molar-refractivity contribution >= 4 is 54.3 Å². The van der Waals surface area contributed by atoms with Gasteiger partial charge in [0, 0.05) is 16.3 Å². The van der Waals surface area contributed by atoms with Gasteiger partial charge in [0.25, 0.3) is 0 Å². The van der Waals surface area contributed by atoms with E-state index < -0.39 is 114 Å². The Hall–Kier alpha value is -5.66. The lowest BCUT2D eigenvalue weighted by atomic mass is 9.82. The minimum absolute atomic E-state index is 0.0664. The first-order valence-corrected chi connectivity index (χ1v) is 13.3. The van der Waals surface area contributed by atoms with E-state index in [0.29, 0.717) is 21.5 Å². The molecule has 0 fully saturated rings. The maximum atomic E-state index is 9.49. The molecule has 1 heterocycles. The Bertz CT molecular complexity index is 3430. The molecule has 0 atom stereocenters. The minimum atomic E-state index is -0.733. The molecule has 1 heteroatoms. The Kier molecular flexibility index (Phi) is 2.70. The second kappa shape index (κ2) is 9.44. The summed E-state index contributed by atoms with van der Waals surface area (Å²) >= 11 is 0. The van der Waals surface area contributed by atoms with Crippen molar-refractivity contribution in [3.05, 3.63) is 157 Å². The Morgan fingerprint density at radius 1 is 0.419 bits per heavy atom. The van der Waals surface area contributed by atoms with Gasteiger partial charge in [0.05, 0.1) is 24.7 Å². The van der Waals surface area contributed by atoms with Crippen LogP contribution in [0, 0.1) is 0 Å². The maximum Gasteiger partial charge on any atom is 0.136 e. The van der Waals surface area contributed by atoms with Crippen molar-refractivity contribution < 1.29 is 29.1 Å². The lowest BCUT2D eigenvalue weighted by Gasteiger charge is -2.20. The van der Waals surface area contributed by atoms with E-state index in [4.69, 9.17) is 23.6 Å². The van der Waals surface area contributed by atoms with E-state index in [9.17, 15) is 5.48 Å². The lowest BCUT2D eigenvalue weighted by Crippen LogP contribution is -1.93. The van der Waals surface area contributed by atoms with Gasteiger partial charge in [0.1, 0.15) is 11.2 Å². The van der Waals surface area contributed by atoms with Crippen LogP contribution in [0.5, 0.6) is 0 Å². The fourth-order valence-electron chi connectivity index (χ4n) is 5.84. The van der Waals surface area contributed by atoms with Crippen LogP contribution in [0.3, 0.4) is 0 Å². The number of hydrogen-bond acceptors (Lipinski definition) is 1. The second-order valence-corrected chi connectivity index (χ2v) is 9.85. The van der Waals surface area contributed by atoms with Gasteiger partial charge in [-0.05, 0) is 78.3 Å². The first-order valence-electron chi connectivity index (χ1n) is 22.3. The smallest absolute Gasteiger partial charge is 0.136 e. The highest BCUT2D eigenvalue weighted by molar-refractivity contribution is 6.27. The van der Waals surface area contributed by atoms with Gasteiger partial charge in [0.15, 0.2) is 0 Å². The molecular formula is C42H26O. The summed E-state index contributed by atoms with van der Waals surface area (Å²) in [5, 5.41) is 0.370. The molecule has 0 amide bonds. The van der Waals surface area contributed by atoms with E-state index in [0.717, 1.165) is 0 Å². The van der Waals surface area contributed by atoms with E-state index in [-0.39, 0.29) is 60.5 Å². The molecule has 0 unspecified atom stereocenters. The van der Waals surface area contributed by atoms with Gasteiger partial charge in [-0.2, -0.15) is 0 Å². The number of rotatable bonds is 3. The van der Waals surface area contributed by atoms with Gasteiger partial charge >= 0.3 is 0 Å². The molecule has 0 saturated carbocycles. The highest BCUT2D eigenvalue weighted by Gasteiger charge is 2.23. The molecule has 8 aromatic carbocycles. The van der Waals surface area contributed by atoms with Crippen LogP contribution in [0.1, 0.15) is 24.7 Å². The van der Waals surface area contributed by atoms with Crippen LogP contribution in [0.15, 0.2) is 162 Å². The van der Waals surface area contributed by atoms with Gasteiger partial charge in [-0.1, -0.05) is 139 Å². The predicted molar refractivity (Wildman–Crippen MR) is 183 cm³/mol. The third-order valence-corrected chi connectivity index (χ3v) is 7.57. The average Bonchev–Trinajstić information content (AvgIpc) is 3.66. The third-order valence-electron chi connectivity index (χ3n) is 7.57. The summed E-state index contributed by atoms with van der Waals surface area (Å²) in [6.45, 7) is 0. The SMILES string of the molecule is [2H]c1c([2H])c([2H])c(-c2c([2H])c([2H])c3oc4c([2H])c([2H])c([2H])c([2H])c4c3c2-c2c3ccccc3c(-c3c([2H])c([2H])c4c([2H])c([2H])c([2H])c([2H])c4c3[2H])c3ccccc23)c([2H])c1[2H]. The molecule has 9 rings (SSSR count). The zero-order valence-electron chi connectivity index (χ0n) is 40.0. The fraction of sp³-hybridized carbons (Fsp3) is 0. The lowest BCUT2D eigenvalue weighted by molar-refractivity contribution is 0.669. The van der Waals surface area contributed by atoms with E-state index in [2.05, 4.69) is 0 Å². The summed E-state index contributed by atoms with van der Waals surface area (Å²) < 4.78 is 165. The molecule has 0 spiro atoms. The molecule has 0 bridgehead atoms. The van der Waals surface area contributed by atoms with Crippen molar-refractivity contribution in [2.45, 2.75) is 0 Å². The van der Waals surface area contributed by atoms with Gasteiger partial charge in [0.2, 0.25) is 0 Å². The second-order valence-electron chi connectivity index (χ2n) is 9.85. The molecule has 0 saturated heterocycles. The molecule has 43 heavy (non-hydrogen) atoms. The molecule has 1 nitrogen and oxygen atoms in total. The fourth-order valence-corrected chi connectivity index (χ4v) is 5.84. The zero-order chi connectivity index (χ0) is 44.0. The van der Waals surface area contributed by atoms with Crippen LogP contribution in [-0.2, 0) is 0 Å². The van der Waals surface area contributed by atoms with Crippen LogP contribution in [0.2, 0.25) is 0 Å². The van der Waals surface area contributed by atoms with Gasteiger partial charge in [-0.25, -0.2) is 0 Å². The summed E-state index contributed by atoms with van der Waals surface area (Å²) in [4.78, 5) is 0. The highest BCUT2D eigenvalue weighted by atomic mass is 16.3. The monoisotopic (exact) mass is 564 g/mol. The van der Waals surface area contributed by atoms with Crippen molar-refractivity contribution in [2.75, 3.05) is 0 Å². The van der Waals surface area contributed by atoms with Crippen LogP contribution in [-0.4, -0.2) is 0 Å². The molecule has 0 aliphatic carbocycles. The van der Waals surface area contributed by atoms with E-state index in [1.807, 2.05) is 0 Å². The molecule has 0 aliphatic rings. The number of para-hydroxylation sites is 1. The summed E-state index contributed by atoms with van der Waals surface area (Å²) in [6, 6.07) is 2.06. The van der Waals surface area contributed by atoms with E-state index in [1.165, 1.54) is 0 Å². The minimum Gasteiger partial charge on any atom is -0.456 e. The van der Waals surface area contributed by atoms with E-state index in [1.54, 1.807) is 48.5 Å². The first-order chi connectivity index (χ1) is 28.8. The van der Waals surface area contributed by atoms with Crippen molar-refractivity contribution in [1.82, 2.24) is 0 Å². The Morgan fingerprint density at radius 2 is 1.05 bits per heavy atom. The number of benzene rings is 8. The summed E-state index contributed by atoms with van der Waals surface area (Å²) in [7, 11) is 0. The number of hydrogen-bond donors (Lipinski definition) is 0. The van der Waals surface area contributed by atoms with Crippen molar-refractivity contribution in [3.63, 3.8) is 0 Å². The molecular weight excluding hydrogens is 520 g/mol. The largest absolute Gasteiger partial charge is 0.456 e. The van der Waals surface area contributed by atoms with Crippen LogP contribution in [0.4, 0.5) is 0 Å². The van der Waals surface area contributed by atoms with Gasteiger partial charge < -0.3 is 4.42 Å². The molecule has 200 valence electrons. The Balaban J connectivity index is 1.60. The van der Waals surface area contributed by atoms with E-state index >= 15 is 0 Å². The van der Waals surface area contributed by atoms with Crippen molar-refractivity contribution in [2.24, 2.45) is 0 Å². The van der Waals surface area contributed by atoms with Crippen LogP contribution in [0.25, 0.3) is 87.6 Å². The Labute approximate surface area is 274 Å². The van der Waals surface area contributed by atoms with Crippen LogP contribution < -0.4 is 0 Å². The van der Waals surface area contributed by atoms with Crippen molar-refractivity contribution in [1.29, 1.82) is 0 Å². The van der Waals surface area contributed by atoms with Gasteiger partial charge in [-0.3, -0.25) is 0 Å². The summed E-state index contributed by atoms with van der Waals surface area (Å²) in [5.74, 6) is 0. The predicted octanol–water partition coefficient (Wildman–Crippen LogP) is 12.0.